The molecular weight excluding hydrogens is 250 g/mol. The Morgan fingerprint density at radius 3 is 2.50 bits per heavy atom. The van der Waals surface area contributed by atoms with Crippen molar-refractivity contribution in [3.05, 3.63) is 41.2 Å². The summed E-state index contributed by atoms with van der Waals surface area (Å²) >= 11 is 0. The zero-order valence-electron chi connectivity index (χ0n) is 13.0. The molecule has 0 atom stereocenters. The maximum atomic E-state index is 5.47. The fourth-order valence-electron chi connectivity index (χ4n) is 2.28. The number of methoxy groups -OCH3 is 1. The van der Waals surface area contributed by atoms with E-state index >= 15 is 0 Å². The highest BCUT2D eigenvalue weighted by Crippen LogP contribution is 2.32. The molecule has 4 nitrogen and oxygen atoms in total. The summed E-state index contributed by atoms with van der Waals surface area (Å²) in [5.41, 5.74) is 3.66. The molecule has 1 heterocycles. The number of benzene rings is 1. The third-order valence-corrected chi connectivity index (χ3v) is 3.39. The van der Waals surface area contributed by atoms with Crippen LogP contribution in [0, 0.1) is 0 Å². The first-order valence-corrected chi connectivity index (χ1v) is 6.93. The van der Waals surface area contributed by atoms with Gasteiger partial charge in [0.25, 0.3) is 0 Å². The van der Waals surface area contributed by atoms with E-state index in [1.807, 2.05) is 13.2 Å². The smallest absolute Gasteiger partial charge is 0.122 e. The number of aryl methyl sites for hydroxylation is 3. The maximum Gasteiger partial charge on any atom is 0.122 e. The van der Waals surface area contributed by atoms with Gasteiger partial charge in [-0.1, -0.05) is 38.1 Å². The van der Waals surface area contributed by atoms with Crippen molar-refractivity contribution in [2.45, 2.75) is 39.0 Å². The number of rotatable bonds is 4. The molecule has 2 rings (SSSR count). The lowest BCUT2D eigenvalue weighted by Crippen LogP contribution is -2.13. The minimum Gasteiger partial charge on any atom is -0.496 e. The second kappa shape index (κ2) is 5.65. The van der Waals surface area contributed by atoms with Crippen LogP contribution in [0.3, 0.4) is 0 Å². The van der Waals surface area contributed by atoms with Gasteiger partial charge < -0.3 is 4.74 Å². The minimum atomic E-state index is 0.0773. The largest absolute Gasteiger partial charge is 0.496 e. The number of ether oxygens (including phenoxy) is 1. The van der Waals surface area contributed by atoms with Gasteiger partial charge in [-0.05, 0) is 35.4 Å². The zero-order chi connectivity index (χ0) is 14.8. The van der Waals surface area contributed by atoms with Crippen LogP contribution >= 0.6 is 0 Å². The highest BCUT2D eigenvalue weighted by atomic mass is 16.5. The van der Waals surface area contributed by atoms with E-state index in [1.54, 1.807) is 11.8 Å². The van der Waals surface area contributed by atoms with Gasteiger partial charge >= 0.3 is 0 Å². The molecular formula is C16H23N3O. The average Bonchev–Trinajstić information content (AvgIpc) is 2.81. The van der Waals surface area contributed by atoms with Crippen LogP contribution in [0.4, 0.5) is 0 Å². The van der Waals surface area contributed by atoms with Gasteiger partial charge in [-0.3, -0.25) is 4.68 Å². The molecule has 4 heteroatoms. The van der Waals surface area contributed by atoms with Crippen LogP contribution in [0.25, 0.3) is 0 Å². The standard InChI is InChI=1S/C16H23N3O/c1-16(2,3)14-10-12(7-9-15(14)20-5)6-8-13-11-19(4)18-17-13/h7,9-11H,6,8H2,1-5H3. The van der Waals surface area contributed by atoms with Gasteiger partial charge in [-0.25, -0.2) is 0 Å². The van der Waals surface area contributed by atoms with Crippen LogP contribution in [0.15, 0.2) is 24.4 Å². The molecule has 0 N–H and O–H groups in total. The number of nitrogens with zero attached hydrogens (tertiary/aromatic N) is 3. The lowest BCUT2D eigenvalue weighted by molar-refractivity contribution is 0.397. The Labute approximate surface area is 120 Å². The topological polar surface area (TPSA) is 39.9 Å². The van der Waals surface area contributed by atoms with Crippen molar-refractivity contribution in [3.63, 3.8) is 0 Å². The molecule has 20 heavy (non-hydrogen) atoms. The minimum absolute atomic E-state index is 0.0773. The van der Waals surface area contributed by atoms with Crippen LogP contribution in [0.5, 0.6) is 5.75 Å². The first kappa shape index (κ1) is 14.6. The van der Waals surface area contributed by atoms with Crippen molar-refractivity contribution in [2.75, 3.05) is 7.11 Å². The van der Waals surface area contributed by atoms with Gasteiger partial charge in [0.1, 0.15) is 5.75 Å². The van der Waals surface area contributed by atoms with Crippen molar-refractivity contribution in [1.29, 1.82) is 0 Å². The van der Waals surface area contributed by atoms with Crippen LogP contribution < -0.4 is 4.74 Å². The Hall–Kier alpha value is -1.84. The number of aromatic nitrogens is 3. The maximum absolute atomic E-state index is 5.47. The van der Waals surface area contributed by atoms with E-state index in [4.69, 9.17) is 4.74 Å². The number of hydrogen-bond donors (Lipinski definition) is 0. The van der Waals surface area contributed by atoms with E-state index in [9.17, 15) is 0 Å². The molecule has 0 saturated heterocycles. The quantitative estimate of drug-likeness (QED) is 0.860. The van der Waals surface area contributed by atoms with Crippen molar-refractivity contribution in [2.24, 2.45) is 7.05 Å². The van der Waals surface area contributed by atoms with E-state index in [1.165, 1.54) is 11.1 Å². The van der Waals surface area contributed by atoms with Crippen LogP contribution in [-0.4, -0.2) is 22.1 Å². The fourth-order valence-corrected chi connectivity index (χ4v) is 2.28. The van der Waals surface area contributed by atoms with Crippen LogP contribution in [0.1, 0.15) is 37.6 Å². The van der Waals surface area contributed by atoms with Crippen LogP contribution in [0.2, 0.25) is 0 Å². The SMILES string of the molecule is COc1ccc(CCc2cn(C)nn2)cc1C(C)(C)C. The lowest BCUT2D eigenvalue weighted by Gasteiger charge is -2.23. The molecule has 2 aromatic rings. The summed E-state index contributed by atoms with van der Waals surface area (Å²) in [5.74, 6) is 0.959. The molecule has 0 aliphatic carbocycles. The highest BCUT2D eigenvalue weighted by molar-refractivity contribution is 5.41. The summed E-state index contributed by atoms with van der Waals surface area (Å²) in [5, 5.41) is 8.08. The first-order chi connectivity index (χ1) is 9.40. The molecule has 0 radical (unpaired) electrons. The summed E-state index contributed by atoms with van der Waals surface area (Å²) in [7, 11) is 3.62. The molecule has 0 saturated carbocycles. The molecule has 108 valence electrons. The van der Waals surface area contributed by atoms with E-state index in [-0.39, 0.29) is 5.41 Å². The molecule has 0 spiro atoms. The first-order valence-electron chi connectivity index (χ1n) is 6.93. The summed E-state index contributed by atoms with van der Waals surface area (Å²) < 4.78 is 7.21. The predicted octanol–water partition coefficient (Wildman–Crippen LogP) is 2.91. The average molecular weight is 273 g/mol. The van der Waals surface area contributed by atoms with Gasteiger partial charge in [-0.15, -0.1) is 5.10 Å². The molecule has 0 bridgehead atoms. The molecule has 0 amide bonds. The fraction of sp³-hybridized carbons (Fsp3) is 0.500. The van der Waals surface area contributed by atoms with Gasteiger partial charge in [-0.2, -0.15) is 0 Å². The van der Waals surface area contributed by atoms with Gasteiger partial charge in [0.15, 0.2) is 0 Å². The third kappa shape index (κ3) is 3.38. The number of hydrogen-bond acceptors (Lipinski definition) is 3. The molecule has 1 aromatic carbocycles. The molecule has 1 aromatic heterocycles. The molecule has 0 unspecified atom stereocenters. The Morgan fingerprint density at radius 1 is 1.20 bits per heavy atom. The van der Waals surface area contributed by atoms with Crippen LogP contribution in [-0.2, 0) is 25.3 Å². The molecule has 0 aliphatic rings. The van der Waals surface area contributed by atoms with E-state index in [0.29, 0.717) is 0 Å². The molecule has 0 fully saturated rings. The van der Waals surface area contributed by atoms with E-state index in [2.05, 4.69) is 49.3 Å². The third-order valence-electron chi connectivity index (χ3n) is 3.39. The normalized spacial score (nSPS) is 11.7. The van der Waals surface area contributed by atoms with E-state index < -0.39 is 0 Å². The Morgan fingerprint density at radius 2 is 1.95 bits per heavy atom. The Bertz CT molecular complexity index is 582. The molecule has 0 aliphatic heterocycles. The van der Waals surface area contributed by atoms with Gasteiger partial charge in [0, 0.05) is 13.2 Å². The summed E-state index contributed by atoms with van der Waals surface area (Å²) in [4.78, 5) is 0. The predicted molar refractivity (Wildman–Crippen MR) is 80.1 cm³/mol. The Balaban J connectivity index is 2.16. The van der Waals surface area contributed by atoms with Crippen molar-refractivity contribution >= 4 is 0 Å². The summed E-state index contributed by atoms with van der Waals surface area (Å²) in [6.07, 6.45) is 3.84. The summed E-state index contributed by atoms with van der Waals surface area (Å²) in [6, 6.07) is 6.44. The second-order valence-corrected chi connectivity index (χ2v) is 6.17. The van der Waals surface area contributed by atoms with Gasteiger partial charge in [0.05, 0.1) is 12.8 Å². The van der Waals surface area contributed by atoms with E-state index in [0.717, 1.165) is 24.3 Å². The van der Waals surface area contributed by atoms with Crippen molar-refractivity contribution in [3.8, 4) is 5.75 Å². The Kier molecular flexibility index (Phi) is 4.12. The second-order valence-electron chi connectivity index (χ2n) is 6.17. The van der Waals surface area contributed by atoms with Crippen molar-refractivity contribution in [1.82, 2.24) is 15.0 Å². The van der Waals surface area contributed by atoms with Crippen molar-refractivity contribution < 1.29 is 4.74 Å². The van der Waals surface area contributed by atoms with Gasteiger partial charge in [0.2, 0.25) is 0 Å². The highest BCUT2D eigenvalue weighted by Gasteiger charge is 2.19. The monoisotopic (exact) mass is 273 g/mol. The summed E-state index contributed by atoms with van der Waals surface area (Å²) in [6.45, 7) is 6.62. The lowest BCUT2D eigenvalue weighted by atomic mass is 9.85. The zero-order valence-corrected chi connectivity index (χ0v) is 13.0.